The molecular formula is C19H14F5NO5S. The van der Waals surface area contributed by atoms with E-state index in [4.69, 9.17) is 0 Å². The van der Waals surface area contributed by atoms with Crippen LogP contribution < -0.4 is 5.32 Å². The van der Waals surface area contributed by atoms with Crippen molar-refractivity contribution in [3.8, 4) is 0 Å². The predicted octanol–water partition coefficient (Wildman–Crippen LogP) is 4.02. The number of Topliss-reactive ketones (excluding diaryl/α,β-unsaturated/α-hetero) is 1. The van der Waals surface area contributed by atoms with Crippen LogP contribution in [0, 0.1) is 0 Å². The third-order valence-corrected chi connectivity index (χ3v) is 5.06. The van der Waals surface area contributed by atoms with Crippen LogP contribution in [0.4, 0.5) is 27.6 Å². The third-order valence-electron chi connectivity index (χ3n) is 3.80. The van der Waals surface area contributed by atoms with Crippen LogP contribution in [0.1, 0.15) is 15.9 Å². The Morgan fingerprint density at radius 1 is 0.968 bits per heavy atom. The van der Waals surface area contributed by atoms with Gasteiger partial charge in [0, 0.05) is 11.3 Å². The van der Waals surface area contributed by atoms with Crippen LogP contribution in [-0.4, -0.2) is 37.6 Å². The smallest absolute Gasteiger partial charge is 0.320 e. The van der Waals surface area contributed by atoms with E-state index < -0.39 is 44.9 Å². The Morgan fingerprint density at radius 3 is 2.00 bits per heavy atom. The summed E-state index contributed by atoms with van der Waals surface area (Å²) in [6, 6.07) is 10.5. The maximum absolute atomic E-state index is 14.2. The van der Waals surface area contributed by atoms with Crippen LogP contribution in [0.3, 0.4) is 0 Å². The summed E-state index contributed by atoms with van der Waals surface area (Å²) in [5.74, 6) is -4.39. The maximum atomic E-state index is 14.2. The number of rotatable bonds is 8. The van der Waals surface area contributed by atoms with Crippen LogP contribution >= 0.6 is 0 Å². The molecule has 0 aliphatic rings. The minimum atomic E-state index is -6.53. The molecule has 31 heavy (non-hydrogen) atoms. The summed E-state index contributed by atoms with van der Waals surface area (Å²) in [7, 11) is -6.53. The van der Waals surface area contributed by atoms with Gasteiger partial charge in [0.2, 0.25) is 11.9 Å². The number of carbonyl (C=O) groups excluding carboxylic acids is 2. The number of hydrogen-bond donors (Lipinski definition) is 1. The molecule has 0 fully saturated rings. The van der Waals surface area contributed by atoms with E-state index in [0.717, 1.165) is 24.3 Å². The lowest BCUT2D eigenvalue weighted by molar-refractivity contribution is -0.180. The Labute approximate surface area is 173 Å². The Bertz CT molecular complexity index is 1070. The van der Waals surface area contributed by atoms with Crippen molar-refractivity contribution in [3.63, 3.8) is 0 Å². The summed E-state index contributed by atoms with van der Waals surface area (Å²) in [6.45, 7) is 3.45. The van der Waals surface area contributed by atoms with Crippen molar-refractivity contribution in [2.45, 2.75) is 17.5 Å². The average molecular weight is 463 g/mol. The lowest BCUT2D eigenvalue weighted by Crippen LogP contribution is -2.48. The molecule has 0 spiro atoms. The monoisotopic (exact) mass is 463 g/mol. The number of carbonyl (C=O) groups is 2. The first-order valence-electron chi connectivity index (χ1n) is 8.30. The fourth-order valence-corrected chi connectivity index (χ4v) is 3.06. The molecule has 1 atom stereocenters. The van der Waals surface area contributed by atoms with Gasteiger partial charge >= 0.3 is 27.5 Å². The molecular weight excluding hydrogens is 449 g/mol. The molecule has 2 aromatic carbocycles. The van der Waals surface area contributed by atoms with E-state index in [2.05, 4.69) is 10.8 Å². The molecule has 1 amide bonds. The van der Waals surface area contributed by atoms with E-state index in [1.165, 1.54) is 36.4 Å². The van der Waals surface area contributed by atoms with Gasteiger partial charge in [-0.25, -0.2) is 4.18 Å². The van der Waals surface area contributed by atoms with E-state index in [1.807, 2.05) is 0 Å². The maximum Gasteiger partial charge on any atom is 0.447 e. The number of halogens is 5. The molecule has 0 aromatic heterocycles. The van der Waals surface area contributed by atoms with Crippen LogP contribution in [0.25, 0.3) is 6.08 Å². The largest absolute Gasteiger partial charge is 0.447 e. The number of anilines is 1. The van der Waals surface area contributed by atoms with Crippen molar-refractivity contribution >= 4 is 33.6 Å². The highest BCUT2D eigenvalue weighted by atomic mass is 32.2. The first-order valence-corrected chi connectivity index (χ1v) is 9.71. The molecule has 6 nitrogen and oxygen atoms in total. The standard InChI is InChI=1S/C19H14F5NO5S/c1-2-12-8-10-14(11-9-12)25-17(27)19(23,24)31(28,29)30-16(18(20,21)22)15(26)13-6-4-3-5-7-13/h2-11,16H,1H2,(H,25,27). The number of nitrogens with one attached hydrogen (secondary N) is 1. The Kier molecular flexibility index (Phi) is 6.96. The molecule has 166 valence electrons. The van der Waals surface area contributed by atoms with E-state index >= 15 is 0 Å². The topological polar surface area (TPSA) is 89.5 Å². The number of ketones is 1. The number of amides is 1. The Balaban J connectivity index is 2.29. The SMILES string of the molecule is C=Cc1ccc(NC(=O)C(F)(F)S(=O)(=O)OC(C(=O)c2ccccc2)C(F)(F)F)cc1. The lowest BCUT2D eigenvalue weighted by Gasteiger charge is -2.22. The number of benzene rings is 2. The highest BCUT2D eigenvalue weighted by Gasteiger charge is 2.59. The van der Waals surface area contributed by atoms with E-state index in [-0.39, 0.29) is 5.69 Å². The fourth-order valence-electron chi connectivity index (χ4n) is 2.21. The molecule has 0 aliphatic heterocycles. The van der Waals surface area contributed by atoms with Crippen LogP contribution in [0.2, 0.25) is 0 Å². The van der Waals surface area contributed by atoms with Crippen LogP contribution in [0.5, 0.6) is 0 Å². The van der Waals surface area contributed by atoms with Gasteiger partial charge in [-0.1, -0.05) is 55.1 Å². The second kappa shape index (κ2) is 8.94. The van der Waals surface area contributed by atoms with Crippen molar-refractivity contribution in [2.24, 2.45) is 0 Å². The molecule has 1 unspecified atom stereocenters. The zero-order valence-corrected chi connectivity index (χ0v) is 16.2. The molecule has 0 aliphatic carbocycles. The molecule has 12 heteroatoms. The van der Waals surface area contributed by atoms with Gasteiger partial charge in [-0.3, -0.25) is 9.59 Å². The first-order chi connectivity index (χ1) is 14.3. The predicted molar refractivity (Wildman–Crippen MR) is 101 cm³/mol. The highest BCUT2D eigenvalue weighted by molar-refractivity contribution is 7.88. The first kappa shape index (κ1) is 24.2. The summed E-state index contributed by atoms with van der Waals surface area (Å²) < 4.78 is 95.4. The number of hydrogen-bond acceptors (Lipinski definition) is 5. The van der Waals surface area contributed by atoms with E-state index in [0.29, 0.717) is 5.56 Å². The van der Waals surface area contributed by atoms with Gasteiger partial charge in [0.25, 0.3) is 0 Å². The van der Waals surface area contributed by atoms with Gasteiger partial charge in [0.05, 0.1) is 0 Å². The molecule has 2 aromatic rings. The molecule has 0 bridgehead atoms. The Morgan fingerprint density at radius 2 is 1.52 bits per heavy atom. The van der Waals surface area contributed by atoms with Crippen molar-refractivity contribution < 1.29 is 44.1 Å². The zero-order chi connectivity index (χ0) is 23.4. The Hall–Kier alpha value is -3.12. The van der Waals surface area contributed by atoms with Crippen molar-refractivity contribution in [2.75, 3.05) is 5.32 Å². The molecule has 0 heterocycles. The lowest BCUT2D eigenvalue weighted by atomic mass is 10.1. The summed E-state index contributed by atoms with van der Waals surface area (Å²) in [4.78, 5) is 23.9. The quantitative estimate of drug-likeness (QED) is 0.363. The minimum absolute atomic E-state index is 0.266. The highest BCUT2D eigenvalue weighted by Crippen LogP contribution is 2.33. The van der Waals surface area contributed by atoms with Crippen molar-refractivity contribution in [1.82, 2.24) is 0 Å². The van der Waals surface area contributed by atoms with Crippen LogP contribution in [0.15, 0.2) is 61.2 Å². The molecule has 2 rings (SSSR count). The molecule has 0 saturated carbocycles. The molecule has 0 radical (unpaired) electrons. The summed E-state index contributed by atoms with van der Waals surface area (Å²) in [5, 5.41) is -3.88. The van der Waals surface area contributed by atoms with Crippen LogP contribution in [-0.2, 0) is 19.1 Å². The van der Waals surface area contributed by atoms with E-state index in [9.17, 15) is 40.0 Å². The van der Waals surface area contributed by atoms with Gasteiger partial charge in [-0.2, -0.15) is 30.4 Å². The zero-order valence-electron chi connectivity index (χ0n) is 15.4. The van der Waals surface area contributed by atoms with Gasteiger partial charge < -0.3 is 5.32 Å². The fraction of sp³-hybridized carbons (Fsp3) is 0.158. The third kappa shape index (κ3) is 5.52. The van der Waals surface area contributed by atoms with Gasteiger partial charge in [-0.05, 0) is 17.7 Å². The second-order valence-corrected chi connectivity index (χ2v) is 7.61. The number of alkyl halides is 5. The van der Waals surface area contributed by atoms with Crippen molar-refractivity contribution in [3.05, 3.63) is 72.3 Å². The summed E-state index contributed by atoms with van der Waals surface area (Å²) >= 11 is 0. The summed E-state index contributed by atoms with van der Waals surface area (Å²) in [5.41, 5.74) is -0.346. The summed E-state index contributed by atoms with van der Waals surface area (Å²) in [6.07, 6.45) is -8.03. The average Bonchev–Trinajstić information content (AvgIpc) is 2.71. The molecule has 0 saturated heterocycles. The normalized spacial score (nSPS) is 13.3. The van der Waals surface area contributed by atoms with E-state index in [1.54, 1.807) is 5.32 Å². The molecule has 1 N–H and O–H groups in total. The second-order valence-electron chi connectivity index (χ2n) is 6.00. The van der Waals surface area contributed by atoms with Gasteiger partial charge in [0.15, 0.2) is 0 Å². The van der Waals surface area contributed by atoms with Gasteiger partial charge in [0.1, 0.15) is 0 Å². The minimum Gasteiger partial charge on any atom is -0.320 e. The van der Waals surface area contributed by atoms with Crippen molar-refractivity contribution in [1.29, 1.82) is 0 Å². The van der Waals surface area contributed by atoms with Gasteiger partial charge in [-0.15, -0.1) is 0 Å².